The molecule has 0 bridgehead atoms. The number of nitrogens with two attached hydrogens (primary N) is 1. The number of rotatable bonds is 3. The van der Waals surface area contributed by atoms with Crippen LogP contribution in [-0.4, -0.2) is 19.8 Å². The molecule has 2 aromatic heterocycles. The van der Waals surface area contributed by atoms with Crippen LogP contribution in [0.25, 0.3) is 0 Å². The van der Waals surface area contributed by atoms with Gasteiger partial charge < -0.3 is 11.1 Å². The van der Waals surface area contributed by atoms with E-state index in [2.05, 4.69) is 15.4 Å². The van der Waals surface area contributed by atoms with Gasteiger partial charge in [0.05, 0.1) is 17.1 Å². The zero-order valence-corrected chi connectivity index (χ0v) is 10.5. The lowest BCUT2D eigenvalue weighted by Crippen LogP contribution is -2.13. The van der Waals surface area contributed by atoms with E-state index < -0.39 is 0 Å². The number of aromatic nitrogens is 3. The molecular formula is C11H13N5S. The minimum atomic E-state index is 0.273. The highest BCUT2D eigenvalue weighted by Gasteiger charge is 2.09. The number of anilines is 2. The van der Waals surface area contributed by atoms with E-state index in [4.69, 9.17) is 18.0 Å². The molecule has 6 heteroatoms. The van der Waals surface area contributed by atoms with Crippen LogP contribution in [0, 0.1) is 6.92 Å². The van der Waals surface area contributed by atoms with Gasteiger partial charge in [0.15, 0.2) is 0 Å². The Hall–Kier alpha value is -1.95. The van der Waals surface area contributed by atoms with Crippen LogP contribution in [0.3, 0.4) is 0 Å². The van der Waals surface area contributed by atoms with E-state index in [0.717, 1.165) is 17.1 Å². The summed E-state index contributed by atoms with van der Waals surface area (Å²) in [5, 5.41) is 7.48. The standard InChI is InChI=1S/C11H13N5S/c1-7-9(6-16(2)15-7)14-8-4-3-5-13-10(8)11(12)17/h3-6,14H,1-2H3,(H2,12,17). The summed E-state index contributed by atoms with van der Waals surface area (Å²) in [6, 6.07) is 3.71. The van der Waals surface area contributed by atoms with Crippen molar-refractivity contribution in [1.82, 2.24) is 14.8 Å². The average molecular weight is 247 g/mol. The number of pyridine rings is 1. The van der Waals surface area contributed by atoms with Crippen molar-refractivity contribution < 1.29 is 0 Å². The molecule has 2 aromatic rings. The second-order valence-electron chi connectivity index (χ2n) is 3.69. The van der Waals surface area contributed by atoms with Crippen molar-refractivity contribution >= 4 is 28.6 Å². The maximum Gasteiger partial charge on any atom is 0.124 e. The summed E-state index contributed by atoms with van der Waals surface area (Å²) in [5.74, 6) is 0. The number of aryl methyl sites for hydroxylation is 2. The fraction of sp³-hybridized carbons (Fsp3) is 0.182. The zero-order chi connectivity index (χ0) is 12.4. The normalized spacial score (nSPS) is 10.2. The summed E-state index contributed by atoms with van der Waals surface area (Å²) in [4.78, 5) is 4.43. The Balaban J connectivity index is 2.36. The van der Waals surface area contributed by atoms with E-state index in [1.807, 2.05) is 32.3 Å². The van der Waals surface area contributed by atoms with Crippen molar-refractivity contribution in [3.63, 3.8) is 0 Å². The highest BCUT2D eigenvalue weighted by molar-refractivity contribution is 7.80. The van der Waals surface area contributed by atoms with Gasteiger partial charge in [-0.15, -0.1) is 0 Å². The fourth-order valence-electron chi connectivity index (χ4n) is 1.57. The first kappa shape index (κ1) is 11.5. The second-order valence-corrected chi connectivity index (χ2v) is 4.13. The lowest BCUT2D eigenvalue weighted by Gasteiger charge is -2.08. The highest BCUT2D eigenvalue weighted by atomic mass is 32.1. The molecule has 0 aliphatic rings. The molecule has 0 saturated heterocycles. The summed E-state index contributed by atoms with van der Waals surface area (Å²) in [6.07, 6.45) is 3.56. The summed E-state index contributed by atoms with van der Waals surface area (Å²) >= 11 is 4.96. The molecule has 0 unspecified atom stereocenters. The third kappa shape index (κ3) is 2.42. The minimum Gasteiger partial charge on any atom is -0.388 e. The Labute approximate surface area is 105 Å². The Kier molecular flexibility index (Phi) is 3.06. The molecule has 3 N–H and O–H groups in total. The van der Waals surface area contributed by atoms with Crippen LogP contribution >= 0.6 is 12.2 Å². The van der Waals surface area contributed by atoms with Gasteiger partial charge >= 0.3 is 0 Å². The number of hydrogen-bond acceptors (Lipinski definition) is 4. The molecule has 0 amide bonds. The Morgan fingerprint density at radius 1 is 1.47 bits per heavy atom. The molecule has 0 saturated carbocycles. The maximum absolute atomic E-state index is 5.62. The highest BCUT2D eigenvalue weighted by Crippen LogP contribution is 2.21. The van der Waals surface area contributed by atoms with Crippen LogP contribution in [-0.2, 0) is 7.05 Å². The van der Waals surface area contributed by atoms with Gasteiger partial charge in [-0.3, -0.25) is 9.67 Å². The number of thiocarbonyl (C=S) groups is 1. The molecule has 0 aliphatic heterocycles. The monoisotopic (exact) mass is 247 g/mol. The largest absolute Gasteiger partial charge is 0.388 e. The molecule has 2 heterocycles. The van der Waals surface area contributed by atoms with E-state index in [9.17, 15) is 0 Å². The number of nitrogens with zero attached hydrogens (tertiary/aromatic N) is 3. The van der Waals surface area contributed by atoms with Crippen molar-refractivity contribution in [2.24, 2.45) is 12.8 Å². The van der Waals surface area contributed by atoms with Crippen molar-refractivity contribution in [1.29, 1.82) is 0 Å². The van der Waals surface area contributed by atoms with Crippen LogP contribution in [0.2, 0.25) is 0 Å². The SMILES string of the molecule is Cc1nn(C)cc1Nc1cccnc1C(N)=S. The molecule has 0 radical (unpaired) electrons. The van der Waals surface area contributed by atoms with Crippen molar-refractivity contribution in [3.05, 3.63) is 35.9 Å². The van der Waals surface area contributed by atoms with Gasteiger partial charge in [0.2, 0.25) is 0 Å². The number of nitrogens with one attached hydrogen (secondary N) is 1. The third-order valence-corrected chi connectivity index (χ3v) is 2.52. The van der Waals surface area contributed by atoms with Gasteiger partial charge in [0.1, 0.15) is 10.7 Å². The maximum atomic E-state index is 5.62. The molecule has 88 valence electrons. The first-order valence-electron chi connectivity index (χ1n) is 5.10. The predicted octanol–water partition coefficient (Wildman–Crippen LogP) is 1.50. The topological polar surface area (TPSA) is 68.8 Å². The second kappa shape index (κ2) is 4.50. The zero-order valence-electron chi connectivity index (χ0n) is 9.64. The van der Waals surface area contributed by atoms with Gasteiger partial charge in [0, 0.05) is 19.4 Å². The number of hydrogen-bond donors (Lipinski definition) is 2. The van der Waals surface area contributed by atoms with Crippen molar-refractivity contribution in [3.8, 4) is 0 Å². The Morgan fingerprint density at radius 2 is 2.24 bits per heavy atom. The Bertz CT molecular complexity index is 561. The van der Waals surface area contributed by atoms with Crippen molar-refractivity contribution in [2.45, 2.75) is 6.92 Å². The predicted molar refractivity (Wildman–Crippen MR) is 71.4 cm³/mol. The first-order valence-corrected chi connectivity index (χ1v) is 5.51. The molecule has 5 nitrogen and oxygen atoms in total. The molecule has 17 heavy (non-hydrogen) atoms. The molecule has 0 aliphatic carbocycles. The third-order valence-electron chi connectivity index (χ3n) is 2.32. The van der Waals surface area contributed by atoms with Gasteiger partial charge in [-0.05, 0) is 19.1 Å². The molecule has 0 atom stereocenters. The minimum absolute atomic E-state index is 0.273. The molecule has 0 spiro atoms. The summed E-state index contributed by atoms with van der Waals surface area (Å²) in [7, 11) is 1.87. The summed E-state index contributed by atoms with van der Waals surface area (Å²) in [5.41, 5.74) is 8.82. The Morgan fingerprint density at radius 3 is 2.82 bits per heavy atom. The van der Waals surface area contributed by atoms with Gasteiger partial charge in [-0.1, -0.05) is 12.2 Å². The van der Waals surface area contributed by atoms with E-state index in [1.165, 1.54) is 0 Å². The summed E-state index contributed by atoms with van der Waals surface area (Å²) in [6.45, 7) is 1.93. The molecule has 2 rings (SSSR count). The van der Waals surface area contributed by atoms with Gasteiger partial charge in [-0.25, -0.2) is 0 Å². The van der Waals surface area contributed by atoms with Crippen LogP contribution in [0.4, 0.5) is 11.4 Å². The van der Waals surface area contributed by atoms with E-state index in [0.29, 0.717) is 5.69 Å². The van der Waals surface area contributed by atoms with E-state index >= 15 is 0 Å². The molecular weight excluding hydrogens is 234 g/mol. The quantitative estimate of drug-likeness (QED) is 0.804. The lowest BCUT2D eigenvalue weighted by molar-refractivity contribution is 0.756. The van der Waals surface area contributed by atoms with Gasteiger partial charge in [-0.2, -0.15) is 5.10 Å². The molecule has 0 fully saturated rings. The van der Waals surface area contributed by atoms with Crippen LogP contribution in [0.15, 0.2) is 24.5 Å². The van der Waals surface area contributed by atoms with Gasteiger partial charge in [0.25, 0.3) is 0 Å². The van der Waals surface area contributed by atoms with Crippen LogP contribution in [0.1, 0.15) is 11.4 Å². The van der Waals surface area contributed by atoms with Crippen LogP contribution in [0.5, 0.6) is 0 Å². The average Bonchev–Trinajstić information content (AvgIpc) is 2.58. The molecule has 0 aromatic carbocycles. The smallest absolute Gasteiger partial charge is 0.124 e. The first-order chi connectivity index (χ1) is 8.08. The fourth-order valence-corrected chi connectivity index (χ4v) is 1.73. The summed E-state index contributed by atoms with van der Waals surface area (Å²) < 4.78 is 1.74. The van der Waals surface area contributed by atoms with E-state index in [-0.39, 0.29) is 4.99 Å². The van der Waals surface area contributed by atoms with Crippen molar-refractivity contribution in [2.75, 3.05) is 5.32 Å². The lowest BCUT2D eigenvalue weighted by atomic mass is 10.2. The van der Waals surface area contributed by atoms with Crippen LogP contribution < -0.4 is 11.1 Å². The van der Waals surface area contributed by atoms with E-state index in [1.54, 1.807) is 10.9 Å².